The Labute approximate surface area is 106 Å². The lowest BCUT2D eigenvalue weighted by Crippen LogP contribution is -2.30. The Bertz CT molecular complexity index is 484. The molecule has 4 heteroatoms. The van der Waals surface area contributed by atoms with E-state index < -0.39 is 11.9 Å². The number of rotatable bonds is 3. The highest BCUT2D eigenvalue weighted by Crippen LogP contribution is 2.38. The third kappa shape index (κ3) is 2.10. The molecule has 18 heavy (non-hydrogen) atoms. The Morgan fingerprint density at radius 1 is 1.50 bits per heavy atom. The molecule has 2 atom stereocenters. The summed E-state index contributed by atoms with van der Waals surface area (Å²) < 4.78 is 0. The highest BCUT2D eigenvalue weighted by atomic mass is 16.4. The Hall–Kier alpha value is -1.84. The maximum absolute atomic E-state index is 11.9. The molecule has 1 heterocycles. The quantitative estimate of drug-likeness (QED) is 0.888. The second kappa shape index (κ2) is 4.80. The molecule has 4 nitrogen and oxygen atoms in total. The van der Waals surface area contributed by atoms with Crippen molar-refractivity contribution in [2.45, 2.75) is 26.3 Å². The average molecular weight is 247 g/mol. The number of benzene rings is 1. The zero-order chi connectivity index (χ0) is 13.3. The molecule has 2 rings (SSSR count). The summed E-state index contributed by atoms with van der Waals surface area (Å²) in [5.74, 6) is -1.61. The summed E-state index contributed by atoms with van der Waals surface area (Å²) in [7, 11) is 0. The first-order valence-corrected chi connectivity index (χ1v) is 6.13. The monoisotopic (exact) mass is 247 g/mol. The maximum Gasteiger partial charge on any atom is 0.309 e. The number of likely N-dealkylation sites (tertiary alicyclic amines) is 1. The maximum atomic E-state index is 11.9. The summed E-state index contributed by atoms with van der Waals surface area (Å²) >= 11 is 0. The van der Waals surface area contributed by atoms with Crippen molar-refractivity contribution in [3.05, 3.63) is 35.4 Å². The standard InChI is InChI=1S/C14H17NO3/c1-3-15-12(16)8-11(14(17)18)13(15)10-6-4-5-9(2)7-10/h4-7,11,13H,3,8H2,1-2H3,(H,17,18)/t11-,13+/m0/s1. The molecule has 0 unspecified atom stereocenters. The Morgan fingerprint density at radius 2 is 2.22 bits per heavy atom. The van der Waals surface area contributed by atoms with Crippen molar-refractivity contribution >= 4 is 11.9 Å². The first-order chi connectivity index (χ1) is 8.54. The molecule has 1 saturated heterocycles. The van der Waals surface area contributed by atoms with Gasteiger partial charge in [0.05, 0.1) is 12.0 Å². The average Bonchev–Trinajstić information content (AvgIpc) is 2.66. The minimum absolute atomic E-state index is 0.0728. The molecule has 0 saturated carbocycles. The smallest absolute Gasteiger partial charge is 0.309 e. The summed E-state index contributed by atoms with van der Waals surface area (Å²) in [5, 5.41) is 9.27. The lowest BCUT2D eigenvalue weighted by atomic mass is 9.93. The molecule has 1 N–H and O–H groups in total. The molecule has 1 aromatic rings. The predicted molar refractivity (Wildman–Crippen MR) is 67.0 cm³/mol. The van der Waals surface area contributed by atoms with Gasteiger partial charge in [0.2, 0.25) is 5.91 Å². The van der Waals surface area contributed by atoms with Gasteiger partial charge in [0.25, 0.3) is 0 Å². The van der Waals surface area contributed by atoms with Crippen LogP contribution in [0.1, 0.15) is 30.5 Å². The minimum atomic E-state index is -0.897. The van der Waals surface area contributed by atoms with Gasteiger partial charge in [-0.3, -0.25) is 9.59 Å². The Morgan fingerprint density at radius 3 is 2.78 bits per heavy atom. The van der Waals surface area contributed by atoms with E-state index in [-0.39, 0.29) is 18.4 Å². The first-order valence-electron chi connectivity index (χ1n) is 6.13. The molecule has 1 aromatic carbocycles. The van der Waals surface area contributed by atoms with E-state index in [0.717, 1.165) is 11.1 Å². The zero-order valence-electron chi connectivity index (χ0n) is 10.6. The molecule has 0 bridgehead atoms. The van der Waals surface area contributed by atoms with Crippen molar-refractivity contribution in [3.8, 4) is 0 Å². The van der Waals surface area contributed by atoms with E-state index in [1.54, 1.807) is 4.90 Å². The molecule has 0 aliphatic carbocycles. The lowest BCUT2D eigenvalue weighted by molar-refractivity contribution is -0.142. The number of hydrogen-bond donors (Lipinski definition) is 1. The van der Waals surface area contributed by atoms with Gasteiger partial charge in [-0.1, -0.05) is 29.8 Å². The van der Waals surface area contributed by atoms with E-state index in [2.05, 4.69) is 0 Å². The van der Waals surface area contributed by atoms with Crippen LogP contribution in [0.25, 0.3) is 0 Å². The normalized spacial score (nSPS) is 23.4. The topological polar surface area (TPSA) is 57.6 Å². The number of carboxylic acids is 1. The fraction of sp³-hybridized carbons (Fsp3) is 0.429. The zero-order valence-corrected chi connectivity index (χ0v) is 10.6. The van der Waals surface area contributed by atoms with Gasteiger partial charge in [-0.2, -0.15) is 0 Å². The van der Waals surface area contributed by atoms with E-state index in [9.17, 15) is 14.7 Å². The van der Waals surface area contributed by atoms with Crippen molar-refractivity contribution in [3.63, 3.8) is 0 Å². The predicted octanol–water partition coefficient (Wildman–Crippen LogP) is 1.99. The molecule has 0 radical (unpaired) electrons. The van der Waals surface area contributed by atoms with Crippen LogP contribution in [0.2, 0.25) is 0 Å². The third-order valence-corrected chi connectivity index (χ3v) is 3.47. The van der Waals surface area contributed by atoms with Crippen LogP contribution in [-0.4, -0.2) is 28.4 Å². The van der Waals surface area contributed by atoms with Crippen LogP contribution in [0.5, 0.6) is 0 Å². The van der Waals surface area contributed by atoms with Crippen molar-refractivity contribution in [2.75, 3.05) is 6.54 Å². The number of hydrogen-bond acceptors (Lipinski definition) is 2. The largest absolute Gasteiger partial charge is 0.481 e. The van der Waals surface area contributed by atoms with E-state index >= 15 is 0 Å². The third-order valence-electron chi connectivity index (χ3n) is 3.47. The van der Waals surface area contributed by atoms with Crippen LogP contribution in [0.3, 0.4) is 0 Å². The van der Waals surface area contributed by atoms with Crippen molar-refractivity contribution < 1.29 is 14.7 Å². The fourth-order valence-electron chi connectivity index (χ4n) is 2.65. The van der Waals surface area contributed by atoms with E-state index in [1.807, 2.05) is 38.1 Å². The summed E-state index contributed by atoms with van der Waals surface area (Å²) in [6.07, 6.45) is 0.0990. The van der Waals surface area contributed by atoms with Crippen LogP contribution in [0.15, 0.2) is 24.3 Å². The molecular formula is C14H17NO3. The number of carbonyl (C=O) groups excluding carboxylic acids is 1. The SMILES string of the molecule is CCN1C(=O)C[C@H](C(=O)O)[C@H]1c1cccc(C)c1. The lowest BCUT2D eigenvalue weighted by Gasteiger charge is -2.26. The molecule has 1 aliphatic rings. The number of nitrogens with zero attached hydrogens (tertiary/aromatic N) is 1. The molecule has 96 valence electrons. The fourth-order valence-corrected chi connectivity index (χ4v) is 2.65. The molecule has 0 spiro atoms. The van der Waals surface area contributed by atoms with E-state index in [4.69, 9.17) is 0 Å². The summed E-state index contributed by atoms with van der Waals surface area (Å²) in [6, 6.07) is 7.39. The molecule has 1 fully saturated rings. The van der Waals surface area contributed by atoms with Crippen molar-refractivity contribution in [1.82, 2.24) is 4.90 Å². The van der Waals surface area contributed by atoms with Gasteiger partial charge in [-0.05, 0) is 19.4 Å². The highest BCUT2D eigenvalue weighted by Gasteiger charge is 2.43. The number of carboxylic acid groups (broad SMARTS) is 1. The molecule has 0 aromatic heterocycles. The van der Waals surface area contributed by atoms with Gasteiger partial charge in [-0.25, -0.2) is 0 Å². The van der Waals surface area contributed by atoms with Gasteiger partial charge < -0.3 is 10.0 Å². The van der Waals surface area contributed by atoms with Crippen LogP contribution in [-0.2, 0) is 9.59 Å². The highest BCUT2D eigenvalue weighted by molar-refractivity contribution is 5.87. The van der Waals surface area contributed by atoms with Crippen molar-refractivity contribution in [2.24, 2.45) is 5.92 Å². The Kier molecular flexibility index (Phi) is 3.36. The van der Waals surface area contributed by atoms with Gasteiger partial charge in [0.15, 0.2) is 0 Å². The molecule has 1 amide bonds. The minimum Gasteiger partial charge on any atom is -0.481 e. The Balaban J connectivity index is 2.42. The second-order valence-electron chi connectivity index (χ2n) is 4.69. The van der Waals surface area contributed by atoms with Crippen LogP contribution in [0, 0.1) is 12.8 Å². The van der Waals surface area contributed by atoms with Crippen LogP contribution < -0.4 is 0 Å². The summed E-state index contributed by atoms with van der Waals surface area (Å²) in [5.41, 5.74) is 1.99. The summed E-state index contributed by atoms with van der Waals surface area (Å²) in [4.78, 5) is 24.8. The van der Waals surface area contributed by atoms with Gasteiger partial charge in [-0.15, -0.1) is 0 Å². The van der Waals surface area contributed by atoms with Gasteiger partial charge in [0, 0.05) is 13.0 Å². The van der Waals surface area contributed by atoms with Crippen molar-refractivity contribution in [1.29, 1.82) is 0 Å². The number of aryl methyl sites for hydroxylation is 1. The second-order valence-corrected chi connectivity index (χ2v) is 4.69. The number of carbonyl (C=O) groups is 2. The van der Waals surface area contributed by atoms with E-state index in [1.165, 1.54) is 0 Å². The van der Waals surface area contributed by atoms with Crippen LogP contribution in [0.4, 0.5) is 0 Å². The van der Waals surface area contributed by atoms with Gasteiger partial charge >= 0.3 is 5.97 Å². The van der Waals surface area contributed by atoms with Gasteiger partial charge in [0.1, 0.15) is 0 Å². The summed E-state index contributed by atoms with van der Waals surface area (Å²) in [6.45, 7) is 4.39. The first kappa shape index (κ1) is 12.6. The molecule has 1 aliphatic heterocycles. The number of amides is 1. The van der Waals surface area contributed by atoms with Crippen LogP contribution >= 0.6 is 0 Å². The molecular weight excluding hydrogens is 230 g/mol. The number of aliphatic carboxylic acids is 1. The van der Waals surface area contributed by atoms with E-state index in [0.29, 0.717) is 6.54 Å².